The Kier molecular flexibility index (Phi) is 3.63. The van der Waals surface area contributed by atoms with E-state index in [0.717, 1.165) is 19.3 Å². The molecule has 0 radical (unpaired) electrons. The number of aromatic carboxylic acids is 1. The van der Waals surface area contributed by atoms with Gasteiger partial charge in [-0.3, -0.25) is 4.79 Å². The van der Waals surface area contributed by atoms with Crippen molar-refractivity contribution >= 4 is 29.2 Å². The Morgan fingerprint density at radius 3 is 2.62 bits per heavy atom. The van der Waals surface area contributed by atoms with E-state index in [0.29, 0.717) is 16.9 Å². The number of carboxylic acid groups (broad SMARTS) is 1. The Balaban J connectivity index is 1.82. The molecule has 112 valence electrons. The van der Waals surface area contributed by atoms with Crippen LogP contribution in [-0.4, -0.2) is 23.0 Å². The molecule has 0 aliphatic heterocycles. The molecular weight excluding hydrogens is 292 g/mol. The van der Waals surface area contributed by atoms with Crippen molar-refractivity contribution in [1.29, 1.82) is 0 Å². The van der Waals surface area contributed by atoms with Crippen LogP contribution in [0.1, 0.15) is 29.6 Å². The Bertz CT molecular complexity index is 603. The highest BCUT2D eigenvalue weighted by molar-refractivity contribution is 6.31. The van der Waals surface area contributed by atoms with Crippen LogP contribution in [0.3, 0.4) is 0 Å². The first-order chi connectivity index (χ1) is 9.97. The summed E-state index contributed by atoms with van der Waals surface area (Å²) in [7, 11) is 0. The van der Waals surface area contributed by atoms with Gasteiger partial charge in [-0.15, -0.1) is 0 Å². The summed E-state index contributed by atoms with van der Waals surface area (Å²) < 4.78 is 0. The lowest BCUT2D eigenvalue weighted by Gasteiger charge is -2.27. The number of nitrogens with two attached hydrogens (primary N) is 1. The lowest BCUT2D eigenvalue weighted by atomic mass is 9.84. The molecule has 2 bridgehead atoms. The third-order valence-electron chi connectivity index (χ3n) is 4.75. The number of anilines is 1. The number of fused-ring (bicyclic) bond motifs is 2. The number of nitrogens with one attached hydrogen (secondary N) is 1. The van der Waals surface area contributed by atoms with Crippen molar-refractivity contribution < 1.29 is 14.7 Å². The van der Waals surface area contributed by atoms with Crippen molar-refractivity contribution in [2.24, 2.45) is 23.5 Å². The van der Waals surface area contributed by atoms with Gasteiger partial charge in [-0.25, -0.2) is 4.79 Å². The van der Waals surface area contributed by atoms with Gasteiger partial charge >= 0.3 is 5.97 Å². The van der Waals surface area contributed by atoms with E-state index in [2.05, 4.69) is 5.32 Å². The van der Waals surface area contributed by atoms with E-state index in [-0.39, 0.29) is 29.1 Å². The van der Waals surface area contributed by atoms with E-state index in [1.165, 1.54) is 18.2 Å². The van der Waals surface area contributed by atoms with Gasteiger partial charge in [0.2, 0.25) is 5.91 Å². The zero-order valence-electron chi connectivity index (χ0n) is 11.4. The number of hydrogen-bond donors (Lipinski definition) is 3. The maximum Gasteiger partial charge on any atom is 0.337 e. The van der Waals surface area contributed by atoms with Gasteiger partial charge in [-0.1, -0.05) is 11.6 Å². The van der Waals surface area contributed by atoms with Gasteiger partial charge in [-0.2, -0.15) is 0 Å². The molecule has 2 saturated carbocycles. The predicted molar refractivity (Wildman–Crippen MR) is 79.3 cm³/mol. The topological polar surface area (TPSA) is 92.4 Å². The van der Waals surface area contributed by atoms with E-state index in [1.54, 1.807) is 0 Å². The van der Waals surface area contributed by atoms with E-state index in [4.69, 9.17) is 17.3 Å². The van der Waals surface area contributed by atoms with Gasteiger partial charge < -0.3 is 16.2 Å². The molecule has 2 aliphatic carbocycles. The zero-order valence-corrected chi connectivity index (χ0v) is 12.1. The van der Waals surface area contributed by atoms with Gasteiger partial charge in [0.25, 0.3) is 0 Å². The van der Waals surface area contributed by atoms with Crippen molar-refractivity contribution in [3.05, 3.63) is 28.8 Å². The summed E-state index contributed by atoms with van der Waals surface area (Å²) in [6.07, 6.45) is 3.12. The van der Waals surface area contributed by atoms with Crippen LogP contribution in [0, 0.1) is 17.8 Å². The van der Waals surface area contributed by atoms with Crippen LogP contribution in [0.25, 0.3) is 0 Å². The molecule has 0 spiro atoms. The summed E-state index contributed by atoms with van der Waals surface area (Å²) in [5, 5.41) is 12.3. The highest BCUT2D eigenvalue weighted by atomic mass is 35.5. The Hall–Kier alpha value is -1.59. The molecule has 0 saturated heterocycles. The summed E-state index contributed by atoms with van der Waals surface area (Å²) in [4.78, 5) is 23.7. The zero-order chi connectivity index (χ0) is 15.1. The van der Waals surface area contributed by atoms with Crippen LogP contribution in [0.4, 0.5) is 5.69 Å². The van der Waals surface area contributed by atoms with Gasteiger partial charge in [0.1, 0.15) is 0 Å². The van der Waals surface area contributed by atoms with Gasteiger partial charge in [0, 0.05) is 11.1 Å². The molecule has 0 aromatic heterocycles. The van der Waals surface area contributed by atoms with Crippen LogP contribution < -0.4 is 11.1 Å². The summed E-state index contributed by atoms with van der Waals surface area (Å²) >= 11 is 5.89. The number of hydrogen-bond acceptors (Lipinski definition) is 3. The standard InChI is InChI=1S/C15H17ClN2O3/c16-9-3-4-10(15(20)21)11(6-9)18-14(19)12-7-1-2-8(5-7)13(12)17/h3-4,6-8,12-13H,1-2,5,17H2,(H,18,19)(H,20,21). The second-order valence-electron chi connectivity index (χ2n) is 5.92. The van der Waals surface area contributed by atoms with Crippen LogP contribution in [0.2, 0.25) is 5.02 Å². The van der Waals surface area contributed by atoms with Crippen molar-refractivity contribution in [3.63, 3.8) is 0 Å². The predicted octanol–water partition coefficient (Wildman–Crippen LogP) is 2.35. The molecule has 1 aromatic carbocycles. The van der Waals surface area contributed by atoms with Gasteiger partial charge in [-0.05, 0) is 49.3 Å². The molecule has 0 heterocycles. The van der Waals surface area contributed by atoms with Crippen LogP contribution >= 0.6 is 11.6 Å². The molecule has 3 rings (SSSR count). The molecule has 6 heteroatoms. The fraction of sp³-hybridized carbons (Fsp3) is 0.467. The Labute approximate surface area is 127 Å². The number of carbonyl (C=O) groups is 2. The summed E-state index contributed by atoms with van der Waals surface area (Å²) in [6.45, 7) is 0. The summed E-state index contributed by atoms with van der Waals surface area (Å²) in [5.41, 5.74) is 6.41. The molecule has 2 aliphatic rings. The Morgan fingerprint density at radius 2 is 2.00 bits per heavy atom. The van der Waals surface area contributed by atoms with Gasteiger partial charge in [0.05, 0.1) is 17.2 Å². The first-order valence-electron chi connectivity index (χ1n) is 7.06. The van der Waals surface area contributed by atoms with Crippen LogP contribution in [-0.2, 0) is 4.79 Å². The summed E-state index contributed by atoms with van der Waals surface area (Å²) in [5.74, 6) is -0.787. The van der Waals surface area contributed by atoms with Crippen molar-refractivity contribution in [2.75, 3.05) is 5.32 Å². The molecule has 21 heavy (non-hydrogen) atoms. The smallest absolute Gasteiger partial charge is 0.337 e. The molecule has 5 nitrogen and oxygen atoms in total. The van der Waals surface area contributed by atoms with Crippen molar-refractivity contribution in [1.82, 2.24) is 0 Å². The number of halogens is 1. The number of carbonyl (C=O) groups excluding carboxylic acids is 1. The molecule has 4 unspecified atom stereocenters. The third kappa shape index (κ3) is 2.51. The quantitative estimate of drug-likeness (QED) is 0.799. The third-order valence-corrected chi connectivity index (χ3v) is 4.99. The lowest BCUT2D eigenvalue weighted by molar-refractivity contribution is -0.121. The normalized spacial score (nSPS) is 30.4. The minimum Gasteiger partial charge on any atom is -0.478 e. The SMILES string of the molecule is NC1C2CCC(C2)C1C(=O)Nc1cc(Cl)ccc1C(=O)O. The Morgan fingerprint density at radius 1 is 1.29 bits per heavy atom. The number of rotatable bonds is 3. The van der Waals surface area contributed by atoms with E-state index in [1.807, 2.05) is 0 Å². The highest BCUT2D eigenvalue weighted by Gasteiger charge is 2.49. The molecule has 4 N–H and O–H groups in total. The molecule has 1 amide bonds. The van der Waals surface area contributed by atoms with Gasteiger partial charge in [0.15, 0.2) is 0 Å². The first kappa shape index (κ1) is 14.4. The van der Waals surface area contributed by atoms with Crippen LogP contribution in [0.15, 0.2) is 18.2 Å². The van der Waals surface area contributed by atoms with Crippen molar-refractivity contribution in [3.8, 4) is 0 Å². The fourth-order valence-corrected chi connectivity index (χ4v) is 3.92. The summed E-state index contributed by atoms with van der Waals surface area (Å²) in [6, 6.07) is 4.21. The molecule has 4 atom stereocenters. The average molecular weight is 309 g/mol. The molecule has 1 aromatic rings. The maximum absolute atomic E-state index is 12.5. The van der Waals surface area contributed by atoms with E-state index in [9.17, 15) is 14.7 Å². The minimum atomic E-state index is -1.10. The average Bonchev–Trinajstić information content (AvgIpc) is 2.98. The molecular formula is C15H17ClN2O3. The fourth-order valence-electron chi connectivity index (χ4n) is 3.75. The largest absolute Gasteiger partial charge is 0.478 e. The number of amides is 1. The maximum atomic E-state index is 12.5. The second-order valence-corrected chi connectivity index (χ2v) is 6.36. The van der Waals surface area contributed by atoms with Crippen molar-refractivity contribution in [2.45, 2.75) is 25.3 Å². The minimum absolute atomic E-state index is 0.0319. The number of carboxylic acids is 1. The van der Waals surface area contributed by atoms with E-state index < -0.39 is 5.97 Å². The molecule has 2 fully saturated rings. The second kappa shape index (κ2) is 5.31. The van der Waals surface area contributed by atoms with Crippen LogP contribution in [0.5, 0.6) is 0 Å². The number of benzene rings is 1. The first-order valence-corrected chi connectivity index (χ1v) is 7.44. The van der Waals surface area contributed by atoms with E-state index >= 15 is 0 Å². The monoisotopic (exact) mass is 308 g/mol. The highest BCUT2D eigenvalue weighted by Crippen LogP contribution is 2.48. The lowest BCUT2D eigenvalue weighted by Crippen LogP contribution is -2.42.